The summed E-state index contributed by atoms with van der Waals surface area (Å²) in [6.45, 7) is 4.79. The van der Waals surface area contributed by atoms with Gasteiger partial charge in [0.25, 0.3) is 0 Å². The Hall–Kier alpha value is -2.09. The van der Waals surface area contributed by atoms with E-state index in [2.05, 4.69) is 23.2 Å². The molecule has 3 saturated carbocycles. The van der Waals surface area contributed by atoms with Crippen LogP contribution in [0.2, 0.25) is 0 Å². The third-order valence-corrected chi connectivity index (χ3v) is 11.3. The number of allylic oxidation sites excluding steroid dienone is 7. The summed E-state index contributed by atoms with van der Waals surface area (Å²) in [5.74, 6) is 0.531. The third kappa shape index (κ3) is 3.38. The maximum atomic E-state index is 13.7. The topological polar surface area (TPSA) is 99.3 Å². The minimum Gasteiger partial charge on any atom is -0.393 e. The smallest absolute Gasteiger partial charge is 0.178 e. The summed E-state index contributed by atoms with van der Waals surface area (Å²) in [4.78, 5) is 25.7. The highest BCUT2D eigenvalue weighted by Crippen LogP contribution is 2.67. The van der Waals surface area contributed by atoms with E-state index >= 15 is 0 Å². The molecule has 0 aromatic heterocycles. The lowest BCUT2D eigenvalue weighted by atomic mass is 9.46. The van der Waals surface area contributed by atoms with Gasteiger partial charge in [-0.1, -0.05) is 61.6 Å². The number of ketones is 2. The molecule has 0 radical (unpaired) electrons. The molecule has 6 nitrogen and oxygen atoms in total. The van der Waals surface area contributed by atoms with Gasteiger partial charge in [-0.15, -0.1) is 5.11 Å². The lowest BCUT2D eigenvalue weighted by Crippen LogP contribution is -2.61. The maximum Gasteiger partial charge on any atom is 0.178 e. The second-order valence-corrected chi connectivity index (χ2v) is 12.8. The maximum absolute atomic E-state index is 13.7. The second-order valence-electron chi connectivity index (χ2n) is 11.9. The normalized spacial score (nSPS) is 44.6. The molecule has 0 aromatic rings. The zero-order chi connectivity index (χ0) is 25.3. The second kappa shape index (κ2) is 8.47. The summed E-state index contributed by atoms with van der Waals surface area (Å²) < 4.78 is 0. The van der Waals surface area contributed by atoms with Gasteiger partial charge in [0.15, 0.2) is 11.6 Å². The van der Waals surface area contributed by atoms with Crippen molar-refractivity contribution >= 4 is 23.3 Å². The van der Waals surface area contributed by atoms with Crippen molar-refractivity contribution in [2.24, 2.45) is 44.7 Å². The van der Waals surface area contributed by atoms with Crippen LogP contribution in [0.3, 0.4) is 0 Å². The van der Waals surface area contributed by atoms with Crippen molar-refractivity contribution < 1.29 is 19.8 Å². The average Bonchev–Trinajstić information content (AvgIpc) is 3.13. The fourth-order valence-electron chi connectivity index (χ4n) is 8.38. The monoisotopic (exact) mass is 506 g/mol. The first-order valence-electron chi connectivity index (χ1n) is 13.1. The molecule has 0 aromatic carbocycles. The number of carbonyl (C=O) groups is 2. The van der Waals surface area contributed by atoms with E-state index in [4.69, 9.17) is 0 Å². The Bertz CT molecular complexity index is 1200. The van der Waals surface area contributed by atoms with E-state index < -0.39 is 17.1 Å². The van der Waals surface area contributed by atoms with Crippen LogP contribution < -0.4 is 0 Å². The predicted octanol–water partition coefficient (Wildman–Crippen LogP) is 4.72. The molecule has 3 fully saturated rings. The van der Waals surface area contributed by atoms with Crippen molar-refractivity contribution in [2.75, 3.05) is 12.3 Å². The summed E-state index contributed by atoms with van der Waals surface area (Å²) in [5, 5.41) is 32.8. The van der Waals surface area contributed by atoms with Crippen molar-refractivity contribution in [1.29, 1.82) is 0 Å². The van der Waals surface area contributed by atoms with Crippen molar-refractivity contribution in [1.82, 2.24) is 0 Å². The minimum absolute atomic E-state index is 0.00978. The number of azo groups is 1. The summed E-state index contributed by atoms with van der Waals surface area (Å²) in [6, 6.07) is 0. The van der Waals surface area contributed by atoms with Gasteiger partial charge in [-0.3, -0.25) is 9.59 Å². The van der Waals surface area contributed by atoms with Crippen LogP contribution in [0.4, 0.5) is 0 Å². The van der Waals surface area contributed by atoms with E-state index in [1.54, 1.807) is 12.2 Å². The highest BCUT2D eigenvalue weighted by Gasteiger charge is 2.68. The highest BCUT2D eigenvalue weighted by molar-refractivity contribution is 8.03. The molecule has 0 saturated heterocycles. The number of thioether (sulfide) groups is 1. The van der Waals surface area contributed by atoms with Crippen LogP contribution in [-0.2, 0) is 9.59 Å². The molecule has 0 bridgehead atoms. The minimum atomic E-state index is -1.47. The first-order chi connectivity index (χ1) is 17.2. The summed E-state index contributed by atoms with van der Waals surface area (Å²) in [7, 11) is 0. The third-order valence-electron chi connectivity index (χ3n) is 10.3. The molecule has 2 N–H and O–H groups in total. The lowest BCUT2D eigenvalue weighted by molar-refractivity contribution is -0.174. The average molecular weight is 507 g/mol. The zero-order valence-corrected chi connectivity index (χ0v) is 21.7. The summed E-state index contributed by atoms with van der Waals surface area (Å²) in [6.07, 6.45) is 16.2. The Morgan fingerprint density at radius 3 is 2.89 bits per heavy atom. The number of hydrogen-bond donors (Lipinski definition) is 2. The number of aliphatic hydroxyl groups is 2. The van der Waals surface area contributed by atoms with Gasteiger partial charge in [0.2, 0.25) is 0 Å². The first-order valence-corrected chi connectivity index (χ1v) is 14.1. The molecule has 8 atom stereocenters. The predicted molar refractivity (Wildman–Crippen MR) is 139 cm³/mol. The number of rotatable bonds is 4. The van der Waals surface area contributed by atoms with Crippen LogP contribution in [0.15, 0.2) is 68.9 Å². The number of Topliss-reactive ketones (excluding diaryl/α,β-unsaturated/α-hetero) is 1. The molecule has 190 valence electrons. The van der Waals surface area contributed by atoms with E-state index in [1.807, 2.05) is 31.2 Å². The molecule has 1 aliphatic heterocycles. The Morgan fingerprint density at radius 1 is 1.22 bits per heavy atom. The molecular weight excluding hydrogens is 472 g/mol. The van der Waals surface area contributed by atoms with Crippen molar-refractivity contribution in [2.45, 2.75) is 57.7 Å². The fraction of sp³-hybridized carbons (Fsp3) is 0.586. The van der Waals surface area contributed by atoms with E-state index in [9.17, 15) is 19.8 Å². The summed E-state index contributed by atoms with van der Waals surface area (Å²) >= 11 is 1.37. The van der Waals surface area contributed by atoms with Crippen molar-refractivity contribution in [3.63, 3.8) is 0 Å². The van der Waals surface area contributed by atoms with E-state index in [0.29, 0.717) is 19.4 Å². The molecule has 0 spiro atoms. The molecule has 36 heavy (non-hydrogen) atoms. The molecule has 7 unspecified atom stereocenters. The number of fused-ring (bicyclic) bond motifs is 6. The van der Waals surface area contributed by atoms with Crippen LogP contribution in [-0.4, -0.2) is 45.8 Å². The SMILES string of the molecule is CC12C=CC(=O)C=C1CCC1C2C(O)CC2(C)C1CC[C@]2(O)C(=O)CSC1=C2C=CC=CC2CN=N1. The van der Waals surface area contributed by atoms with Gasteiger partial charge in [-0.05, 0) is 61.7 Å². The largest absolute Gasteiger partial charge is 0.393 e. The van der Waals surface area contributed by atoms with Crippen LogP contribution in [0, 0.1) is 34.5 Å². The molecule has 6 aliphatic rings. The molecule has 0 amide bonds. The Labute approximate surface area is 216 Å². The molecule has 6 rings (SSSR count). The first kappa shape index (κ1) is 24.3. The van der Waals surface area contributed by atoms with E-state index in [-0.39, 0.29) is 46.4 Å². The van der Waals surface area contributed by atoms with Gasteiger partial charge in [0.1, 0.15) is 10.6 Å². The molecule has 5 aliphatic carbocycles. The fourth-order valence-corrected chi connectivity index (χ4v) is 9.39. The lowest BCUT2D eigenvalue weighted by Gasteiger charge is -2.59. The summed E-state index contributed by atoms with van der Waals surface area (Å²) in [5.41, 5.74) is -0.303. The number of carbonyl (C=O) groups excluding carboxylic acids is 2. The van der Waals surface area contributed by atoms with Crippen LogP contribution in [0.5, 0.6) is 0 Å². The quantitative estimate of drug-likeness (QED) is 0.575. The van der Waals surface area contributed by atoms with Gasteiger partial charge in [-0.2, -0.15) is 5.11 Å². The van der Waals surface area contributed by atoms with Gasteiger partial charge in [-0.25, -0.2) is 0 Å². The van der Waals surface area contributed by atoms with Crippen LogP contribution in [0.1, 0.15) is 46.0 Å². The molecule has 1 heterocycles. The standard InChI is InChI=1S/C29H34N2O4S/c1-27-11-9-19(32)13-18(27)7-8-21-22-10-12-29(35,28(22,2)14-23(33)25(21)27)24(34)16-36-26-20-6-4-3-5-17(20)15-30-31-26/h3-6,9,11,13,17,21-23,25,33,35H,7-8,10,12,14-16H2,1-2H3/t17?,21?,22?,23?,25?,27?,28?,29-/m0/s1. The number of nitrogens with zero attached hydrogens (tertiary/aromatic N) is 2. The Morgan fingerprint density at radius 2 is 2.06 bits per heavy atom. The van der Waals surface area contributed by atoms with Gasteiger partial charge >= 0.3 is 0 Å². The van der Waals surface area contributed by atoms with Gasteiger partial charge in [0, 0.05) is 22.7 Å². The zero-order valence-electron chi connectivity index (χ0n) is 20.9. The Balaban J connectivity index is 1.24. The van der Waals surface area contributed by atoms with Crippen molar-refractivity contribution in [3.05, 3.63) is 58.7 Å². The van der Waals surface area contributed by atoms with E-state index in [1.165, 1.54) is 11.8 Å². The Kier molecular flexibility index (Phi) is 5.71. The van der Waals surface area contributed by atoms with E-state index in [0.717, 1.165) is 35.4 Å². The van der Waals surface area contributed by atoms with Crippen molar-refractivity contribution in [3.8, 4) is 0 Å². The molecular formula is C29H34N2O4S. The highest BCUT2D eigenvalue weighted by atomic mass is 32.2. The number of aliphatic hydroxyl groups excluding tert-OH is 1. The van der Waals surface area contributed by atoms with Crippen LogP contribution in [0.25, 0.3) is 0 Å². The number of hydrogen-bond acceptors (Lipinski definition) is 7. The van der Waals surface area contributed by atoms with Gasteiger partial charge in [0.05, 0.1) is 18.4 Å². The van der Waals surface area contributed by atoms with Gasteiger partial charge < -0.3 is 10.2 Å². The van der Waals surface area contributed by atoms with Crippen LogP contribution >= 0.6 is 11.8 Å². The molecule has 7 heteroatoms.